The Hall–Kier alpha value is -1.79. The van der Waals surface area contributed by atoms with Gasteiger partial charge in [-0.25, -0.2) is 4.79 Å². The molecule has 150 valence electrons. The summed E-state index contributed by atoms with van der Waals surface area (Å²) in [5.41, 5.74) is 1.41. The van der Waals surface area contributed by atoms with Crippen LogP contribution in [0.5, 0.6) is 0 Å². The summed E-state index contributed by atoms with van der Waals surface area (Å²) in [7, 11) is 1.38. The summed E-state index contributed by atoms with van der Waals surface area (Å²) in [5, 5.41) is 0.638. The lowest BCUT2D eigenvalue weighted by Gasteiger charge is -2.40. The number of methoxy groups -OCH3 is 1. The second-order valence-electron chi connectivity index (χ2n) is 7.92. The molecule has 1 atom stereocenters. The summed E-state index contributed by atoms with van der Waals surface area (Å²) in [5.74, 6) is -0.276. The molecule has 1 aliphatic rings. The first-order valence-electron chi connectivity index (χ1n) is 9.15. The highest BCUT2D eigenvalue weighted by atomic mass is 35.5. The Morgan fingerprint density at radius 2 is 1.93 bits per heavy atom. The van der Waals surface area contributed by atoms with Crippen LogP contribution in [0.25, 0.3) is 0 Å². The van der Waals surface area contributed by atoms with E-state index in [1.807, 2.05) is 39.8 Å². The second kappa shape index (κ2) is 8.93. The van der Waals surface area contributed by atoms with Crippen LogP contribution in [0.15, 0.2) is 18.2 Å². The minimum absolute atomic E-state index is 0.0387. The van der Waals surface area contributed by atoms with E-state index in [0.717, 1.165) is 24.2 Å². The number of ether oxygens (including phenoxy) is 2. The van der Waals surface area contributed by atoms with Crippen LogP contribution in [0.4, 0.5) is 4.79 Å². The van der Waals surface area contributed by atoms with Gasteiger partial charge in [0.25, 0.3) is 0 Å². The quantitative estimate of drug-likeness (QED) is 0.729. The fourth-order valence-corrected chi connectivity index (χ4v) is 3.35. The van der Waals surface area contributed by atoms with Crippen molar-refractivity contribution < 1.29 is 19.1 Å². The van der Waals surface area contributed by atoms with Crippen LogP contribution in [0.3, 0.4) is 0 Å². The lowest BCUT2D eigenvalue weighted by atomic mass is 10.0. The number of hydrogen-bond donors (Lipinski definition) is 0. The van der Waals surface area contributed by atoms with Gasteiger partial charge >= 0.3 is 12.1 Å². The molecule has 1 heterocycles. The number of nitrogens with zero attached hydrogens (tertiary/aromatic N) is 2. The van der Waals surface area contributed by atoms with Crippen LogP contribution in [0, 0.1) is 0 Å². The average Bonchev–Trinajstić information content (AvgIpc) is 2.55. The summed E-state index contributed by atoms with van der Waals surface area (Å²) in [4.78, 5) is 28.1. The second-order valence-corrected chi connectivity index (χ2v) is 8.36. The number of amides is 1. The molecular formula is C20H29ClN2O4. The molecule has 1 amide bonds. The molecule has 1 aromatic rings. The van der Waals surface area contributed by atoms with E-state index in [2.05, 4.69) is 4.90 Å². The summed E-state index contributed by atoms with van der Waals surface area (Å²) in [6.07, 6.45) is -0.0556. The highest BCUT2D eigenvalue weighted by Gasteiger charge is 2.31. The predicted octanol–water partition coefficient (Wildman–Crippen LogP) is 3.50. The standard InChI is InChI=1S/C20H29ClN2O4/c1-14-12-22(8-9-23(14)19(25)27-20(2,3)4)13-16-10-17(21)7-6-15(16)11-18(24)26-5/h6-7,10,14H,8-9,11-13H2,1-5H3/t14-/m0/s1. The van der Waals surface area contributed by atoms with E-state index < -0.39 is 5.60 Å². The number of benzene rings is 1. The topological polar surface area (TPSA) is 59.1 Å². The third kappa shape index (κ3) is 6.40. The van der Waals surface area contributed by atoms with Gasteiger partial charge in [0, 0.05) is 37.2 Å². The molecular weight excluding hydrogens is 368 g/mol. The van der Waals surface area contributed by atoms with Gasteiger partial charge in [0.15, 0.2) is 0 Å². The molecule has 2 rings (SSSR count). The predicted molar refractivity (Wildman–Crippen MR) is 105 cm³/mol. The third-order valence-corrected chi connectivity index (χ3v) is 4.70. The summed E-state index contributed by atoms with van der Waals surface area (Å²) < 4.78 is 10.3. The van der Waals surface area contributed by atoms with E-state index in [1.54, 1.807) is 11.0 Å². The Balaban J connectivity index is 2.03. The first-order valence-corrected chi connectivity index (χ1v) is 9.53. The molecule has 0 N–H and O–H groups in total. The van der Waals surface area contributed by atoms with Crippen molar-refractivity contribution in [2.75, 3.05) is 26.7 Å². The number of rotatable bonds is 4. The molecule has 0 unspecified atom stereocenters. The lowest BCUT2D eigenvalue weighted by Crippen LogP contribution is -2.54. The molecule has 0 spiro atoms. The molecule has 7 heteroatoms. The fourth-order valence-electron chi connectivity index (χ4n) is 3.15. The van der Waals surface area contributed by atoms with Crippen molar-refractivity contribution in [3.8, 4) is 0 Å². The smallest absolute Gasteiger partial charge is 0.410 e. The molecule has 1 fully saturated rings. The number of piperazine rings is 1. The van der Waals surface area contributed by atoms with Gasteiger partial charge in [0.05, 0.1) is 13.5 Å². The van der Waals surface area contributed by atoms with Gasteiger partial charge in [-0.15, -0.1) is 0 Å². The van der Waals surface area contributed by atoms with Gasteiger partial charge in [0.1, 0.15) is 5.60 Å². The average molecular weight is 397 g/mol. The van der Waals surface area contributed by atoms with E-state index in [0.29, 0.717) is 18.1 Å². The van der Waals surface area contributed by atoms with E-state index >= 15 is 0 Å². The first-order chi connectivity index (χ1) is 12.6. The molecule has 1 saturated heterocycles. The number of halogens is 1. The molecule has 1 aliphatic heterocycles. The highest BCUT2D eigenvalue weighted by molar-refractivity contribution is 6.30. The Bertz CT molecular complexity index is 687. The van der Waals surface area contributed by atoms with Crippen LogP contribution >= 0.6 is 11.6 Å². The van der Waals surface area contributed by atoms with Crippen molar-refractivity contribution in [2.24, 2.45) is 0 Å². The minimum atomic E-state index is -0.502. The van der Waals surface area contributed by atoms with Crippen molar-refractivity contribution in [3.63, 3.8) is 0 Å². The number of carbonyl (C=O) groups is 2. The van der Waals surface area contributed by atoms with Gasteiger partial charge in [-0.2, -0.15) is 0 Å². The van der Waals surface area contributed by atoms with Gasteiger partial charge in [-0.1, -0.05) is 17.7 Å². The summed E-state index contributed by atoms with van der Waals surface area (Å²) in [6, 6.07) is 5.59. The maximum absolute atomic E-state index is 12.4. The monoisotopic (exact) mass is 396 g/mol. The largest absolute Gasteiger partial charge is 0.469 e. The van der Waals surface area contributed by atoms with Crippen molar-refractivity contribution in [1.29, 1.82) is 0 Å². The zero-order valence-electron chi connectivity index (χ0n) is 16.8. The SMILES string of the molecule is COC(=O)Cc1ccc(Cl)cc1CN1CCN(C(=O)OC(C)(C)C)[C@@H](C)C1. The Morgan fingerprint density at radius 3 is 2.52 bits per heavy atom. The number of hydrogen-bond acceptors (Lipinski definition) is 5. The van der Waals surface area contributed by atoms with Crippen LogP contribution in [-0.2, 0) is 27.2 Å². The molecule has 27 heavy (non-hydrogen) atoms. The molecule has 0 saturated carbocycles. The van der Waals surface area contributed by atoms with Crippen LogP contribution in [0.2, 0.25) is 5.02 Å². The molecule has 6 nitrogen and oxygen atoms in total. The van der Waals surface area contributed by atoms with Crippen molar-refractivity contribution in [3.05, 3.63) is 34.3 Å². The van der Waals surface area contributed by atoms with Gasteiger partial charge in [-0.3, -0.25) is 9.69 Å². The number of carbonyl (C=O) groups excluding carboxylic acids is 2. The summed E-state index contributed by atoms with van der Waals surface area (Å²) >= 11 is 6.16. The molecule has 0 radical (unpaired) electrons. The first kappa shape index (κ1) is 21.5. The van der Waals surface area contributed by atoms with E-state index in [4.69, 9.17) is 21.1 Å². The number of esters is 1. The highest BCUT2D eigenvalue weighted by Crippen LogP contribution is 2.22. The Kier molecular flexibility index (Phi) is 7.12. The molecule has 0 bridgehead atoms. The Morgan fingerprint density at radius 1 is 1.22 bits per heavy atom. The normalized spacial score (nSPS) is 18.3. The Labute approximate surface area is 166 Å². The molecule has 0 aliphatic carbocycles. The van der Waals surface area contributed by atoms with E-state index in [9.17, 15) is 9.59 Å². The fraction of sp³-hybridized carbons (Fsp3) is 0.600. The maximum Gasteiger partial charge on any atom is 0.410 e. The van der Waals surface area contributed by atoms with Gasteiger partial charge < -0.3 is 14.4 Å². The van der Waals surface area contributed by atoms with Crippen molar-refractivity contribution in [2.45, 2.75) is 52.3 Å². The van der Waals surface area contributed by atoms with Gasteiger partial charge in [-0.05, 0) is 51.0 Å². The molecule has 1 aromatic carbocycles. The van der Waals surface area contributed by atoms with Crippen LogP contribution in [-0.4, -0.2) is 60.2 Å². The zero-order chi connectivity index (χ0) is 20.2. The molecule has 0 aromatic heterocycles. The van der Waals surface area contributed by atoms with Crippen LogP contribution in [0.1, 0.15) is 38.8 Å². The van der Waals surface area contributed by atoms with Crippen molar-refractivity contribution in [1.82, 2.24) is 9.80 Å². The maximum atomic E-state index is 12.4. The lowest BCUT2D eigenvalue weighted by molar-refractivity contribution is -0.139. The van der Waals surface area contributed by atoms with Crippen molar-refractivity contribution >= 4 is 23.7 Å². The minimum Gasteiger partial charge on any atom is -0.469 e. The third-order valence-electron chi connectivity index (χ3n) is 4.46. The summed E-state index contributed by atoms with van der Waals surface area (Å²) in [6.45, 7) is 10.3. The van der Waals surface area contributed by atoms with Gasteiger partial charge in [0.2, 0.25) is 0 Å². The van der Waals surface area contributed by atoms with E-state index in [1.165, 1.54) is 7.11 Å². The van der Waals surface area contributed by atoms with E-state index in [-0.39, 0.29) is 24.5 Å². The zero-order valence-corrected chi connectivity index (χ0v) is 17.5. The van der Waals surface area contributed by atoms with Crippen LogP contribution < -0.4 is 0 Å².